The van der Waals surface area contributed by atoms with E-state index in [0.29, 0.717) is 12.1 Å². The Morgan fingerprint density at radius 3 is 3.10 bits per heavy atom. The maximum atomic E-state index is 11.9. The van der Waals surface area contributed by atoms with Gasteiger partial charge in [-0.05, 0) is 35.7 Å². The molecular weight excluding hydrogens is 250 g/mol. The van der Waals surface area contributed by atoms with E-state index < -0.39 is 0 Å². The lowest BCUT2D eigenvalue weighted by atomic mass is 10.1. The van der Waals surface area contributed by atoms with E-state index in [1.54, 1.807) is 24.5 Å². The number of aromatic nitrogens is 1. The molecule has 0 fully saturated rings. The highest BCUT2D eigenvalue weighted by molar-refractivity contribution is 5.93. The van der Waals surface area contributed by atoms with Gasteiger partial charge >= 0.3 is 0 Å². The molecule has 0 saturated carbocycles. The second kappa shape index (κ2) is 5.33. The van der Waals surface area contributed by atoms with Gasteiger partial charge < -0.3 is 10.2 Å². The number of amides is 1. The quantitative estimate of drug-likeness (QED) is 0.925. The van der Waals surface area contributed by atoms with E-state index in [9.17, 15) is 4.79 Å². The van der Waals surface area contributed by atoms with Gasteiger partial charge in [0.15, 0.2) is 0 Å². The second-order valence-corrected chi connectivity index (χ2v) is 5.06. The number of hydrogen-bond acceptors (Lipinski definition) is 3. The van der Waals surface area contributed by atoms with E-state index in [1.807, 2.05) is 0 Å². The van der Waals surface area contributed by atoms with Crippen LogP contribution in [0.2, 0.25) is 0 Å². The Morgan fingerprint density at radius 2 is 2.30 bits per heavy atom. The summed E-state index contributed by atoms with van der Waals surface area (Å²) in [5.74, 6) is -0.0873. The summed E-state index contributed by atoms with van der Waals surface area (Å²) in [7, 11) is 2.11. The van der Waals surface area contributed by atoms with Crippen LogP contribution in [-0.4, -0.2) is 24.5 Å². The lowest BCUT2D eigenvalue weighted by molar-refractivity contribution is 0.0950. The fraction of sp³-hybridized carbons (Fsp3) is 0.250. The molecule has 1 aromatic carbocycles. The van der Waals surface area contributed by atoms with Crippen molar-refractivity contribution in [3.8, 4) is 0 Å². The summed E-state index contributed by atoms with van der Waals surface area (Å²) in [6.45, 7) is 1.62. The number of anilines is 1. The standard InChI is InChI=1S/C16H17N3O/c1-19-8-6-13-9-12(4-5-15(13)19)10-18-16(20)14-3-2-7-17-11-14/h2-5,7,9,11H,6,8,10H2,1H3,(H,18,20). The van der Waals surface area contributed by atoms with E-state index in [2.05, 4.69) is 40.4 Å². The van der Waals surface area contributed by atoms with Crippen LogP contribution in [0.3, 0.4) is 0 Å². The molecule has 1 aliphatic rings. The molecule has 1 aliphatic heterocycles. The molecule has 1 amide bonds. The first-order valence-electron chi connectivity index (χ1n) is 6.75. The van der Waals surface area contributed by atoms with Crippen molar-refractivity contribution in [2.75, 3.05) is 18.5 Å². The van der Waals surface area contributed by atoms with Gasteiger partial charge in [-0.15, -0.1) is 0 Å². The van der Waals surface area contributed by atoms with Gasteiger partial charge in [0, 0.05) is 38.2 Å². The Bertz CT molecular complexity index is 625. The zero-order chi connectivity index (χ0) is 13.9. The summed E-state index contributed by atoms with van der Waals surface area (Å²) >= 11 is 0. The summed E-state index contributed by atoms with van der Waals surface area (Å²) in [6, 6.07) is 9.92. The van der Waals surface area contributed by atoms with Gasteiger partial charge in [-0.1, -0.05) is 12.1 Å². The first kappa shape index (κ1) is 12.7. The molecular formula is C16H17N3O. The van der Waals surface area contributed by atoms with Gasteiger partial charge in [0.1, 0.15) is 0 Å². The van der Waals surface area contributed by atoms with Crippen molar-refractivity contribution in [1.29, 1.82) is 0 Å². The van der Waals surface area contributed by atoms with Crippen LogP contribution in [0.25, 0.3) is 0 Å². The van der Waals surface area contributed by atoms with Crippen LogP contribution in [0, 0.1) is 0 Å². The fourth-order valence-electron chi connectivity index (χ4n) is 2.51. The summed E-state index contributed by atoms with van der Waals surface area (Å²) in [4.78, 5) is 18.2. The number of nitrogens with zero attached hydrogens (tertiary/aromatic N) is 2. The van der Waals surface area contributed by atoms with E-state index in [0.717, 1.165) is 18.5 Å². The van der Waals surface area contributed by atoms with Crippen LogP contribution in [0.1, 0.15) is 21.5 Å². The van der Waals surface area contributed by atoms with Crippen molar-refractivity contribution < 1.29 is 4.79 Å². The average Bonchev–Trinajstić information content (AvgIpc) is 2.87. The highest BCUT2D eigenvalue weighted by Crippen LogP contribution is 2.27. The predicted octanol–water partition coefficient (Wildman–Crippen LogP) is 2.00. The summed E-state index contributed by atoms with van der Waals surface area (Å²) in [6.07, 6.45) is 4.32. The number of carbonyl (C=O) groups is 1. The van der Waals surface area contributed by atoms with Gasteiger partial charge in [0.2, 0.25) is 0 Å². The maximum absolute atomic E-state index is 11.9. The third kappa shape index (κ3) is 2.50. The Hall–Kier alpha value is -2.36. The lowest BCUT2D eigenvalue weighted by Gasteiger charge is -2.12. The first-order chi connectivity index (χ1) is 9.74. The molecule has 0 atom stereocenters. The molecule has 102 valence electrons. The van der Waals surface area contributed by atoms with E-state index in [4.69, 9.17) is 0 Å². The molecule has 0 unspecified atom stereocenters. The number of rotatable bonds is 3. The largest absolute Gasteiger partial charge is 0.374 e. The van der Waals surface area contributed by atoms with E-state index in [1.165, 1.54) is 11.3 Å². The number of likely N-dealkylation sites (N-methyl/N-ethyl adjacent to an activating group) is 1. The topological polar surface area (TPSA) is 45.2 Å². The molecule has 2 aromatic rings. The number of hydrogen-bond donors (Lipinski definition) is 1. The number of pyridine rings is 1. The normalized spacial score (nSPS) is 13.2. The van der Waals surface area contributed by atoms with Gasteiger partial charge in [-0.25, -0.2) is 0 Å². The Labute approximate surface area is 118 Å². The van der Waals surface area contributed by atoms with Crippen molar-refractivity contribution in [2.45, 2.75) is 13.0 Å². The molecule has 0 saturated heterocycles. The molecule has 1 aromatic heterocycles. The van der Waals surface area contributed by atoms with Crippen molar-refractivity contribution in [3.63, 3.8) is 0 Å². The Kier molecular flexibility index (Phi) is 3.37. The molecule has 0 spiro atoms. The fourth-order valence-corrected chi connectivity index (χ4v) is 2.51. The third-order valence-corrected chi connectivity index (χ3v) is 3.65. The van der Waals surface area contributed by atoms with Crippen LogP contribution >= 0.6 is 0 Å². The van der Waals surface area contributed by atoms with Crippen molar-refractivity contribution in [3.05, 3.63) is 59.4 Å². The Morgan fingerprint density at radius 1 is 1.40 bits per heavy atom. The molecule has 4 nitrogen and oxygen atoms in total. The van der Waals surface area contributed by atoms with Crippen LogP contribution in [0.4, 0.5) is 5.69 Å². The molecule has 2 heterocycles. The van der Waals surface area contributed by atoms with Crippen molar-refractivity contribution >= 4 is 11.6 Å². The average molecular weight is 267 g/mol. The monoisotopic (exact) mass is 267 g/mol. The first-order valence-corrected chi connectivity index (χ1v) is 6.75. The SMILES string of the molecule is CN1CCc2cc(CNC(=O)c3cccnc3)ccc21. The second-order valence-electron chi connectivity index (χ2n) is 5.06. The summed E-state index contributed by atoms with van der Waals surface area (Å²) in [5.41, 5.74) is 4.39. The molecule has 0 radical (unpaired) electrons. The number of carbonyl (C=O) groups excluding carboxylic acids is 1. The number of nitrogens with one attached hydrogen (secondary N) is 1. The molecule has 20 heavy (non-hydrogen) atoms. The van der Waals surface area contributed by atoms with Crippen LogP contribution < -0.4 is 10.2 Å². The van der Waals surface area contributed by atoms with Crippen molar-refractivity contribution in [1.82, 2.24) is 10.3 Å². The third-order valence-electron chi connectivity index (χ3n) is 3.65. The minimum Gasteiger partial charge on any atom is -0.374 e. The maximum Gasteiger partial charge on any atom is 0.253 e. The van der Waals surface area contributed by atoms with Gasteiger partial charge in [0.25, 0.3) is 5.91 Å². The van der Waals surface area contributed by atoms with Crippen LogP contribution in [0.15, 0.2) is 42.7 Å². The lowest BCUT2D eigenvalue weighted by Crippen LogP contribution is -2.22. The molecule has 1 N–H and O–H groups in total. The minimum atomic E-state index is -0.0873. The molecule has 4 heteroatoms. The smallest absolute Gasteiger partial charge is 0.253 e. The van der Waals surface area contributed by atoms with Crippen LogP contribution in [0.5, 0.6) is 0 Å². The summed E-state index contributed by atoms with van der Waals surface area (Å²) in [5, 5.41) is 2.93. The van der Waals surface area contributed by atoms with Gasteiger partial charge in [-0.3, -0.25) is 9.78 Å². The molecule has 0 bridgehead atoms. The predicted molar refractivity (Wildman–Crippen MR) is 78.8 cm³/mol. The van der Waals surface area contributed by atoms with Gasteiger partial charge in [-0.2, -0.15) is 0 Å². The zero-order valence-corrected chi connectivity index (χ0v) is 11.5. The number of fused-ring (bicyclic) bond motifs is 1. The van der Waals surface area contributed by atoms with E-state index in [-0.39, 0.29) is 5.91 Å². The van der Waals surface area contributed by atoms with Crippen molar-refractivity contribution in [2.24, 2.45) is 0 Å². The zero-order valence-electron chi connectivity index (χ0n) is 11.5. The minimum absolute atomic E-state index is 0.0873. The van der Waals surface area contributed by atoms with Gasteiger partial charge in [0.05, 0.1) is 5.56 Å². The molecule has 0 aliphatic carbocycles. The Balaban J connectivity index is 1.66. The summed E-state index contributed by atoms with van der Waals surface area (Å²) < 4.78 is 0. The van der Waals surface area contributed by atoms with Crippen LogP contribution in [-0.2, 0) is 13.0 Å². The number of benzene rings is 1. The highest BCUT2D eigenvalue weighted by Gasteiger charge is 2.15. The molecule has 3 rings (SSSR count). The van der Waals surface area contributed by atoms with E-state index >= 15 is 0 Å². The highest BCUT2D eigenvalue weighted by atomic mass is 16.1.